The van der Waals surface area contributed by atoms with Crippen LogP contribution in [0.3, 0.4) is 0 Å². The molecule has 0 aliphatic rings. The zero-order valence-corrected chi connectivity index (χ0v) is 12.2. The average molecular weight is 330 g/mol. The third kappa shape index (κ3) is 2.34. The molecule has 0 spiro atoms. The van der Waals surface area contributed by atoms with Gasteiger partial charge in [0.2, 0.25) is 0 Å². The van der Waals surface area contributed by atoms with Crippen molar-refractivity contribution in [3.63, 3.8) is 0 Å². The van der Waals surface area contributed by atoms with Gasteiger partial charge in [-0.3, -0.25) is 0 Å². The first-order valence-electron chi connectivity index (χ1n) is 6.21. The predicted octanol–water partition coefficient (Wildman–Crippen LogP) is 4.15. The molecule has 0 saturated heterocycles. The molecule has 0 amide bonds. The Bertz CT molecular complexity index is 775. The number of para-hydroxylation sites is 1. The molecule has 0 radical (unpaired) electrons. The van der Waals surface area contributed by atoms with Crippen LogP contribution >= 0.6 is 15.9 Å². The summed E-state index contributed by atoms with van der Waals surface area (Å²) in [6.07, 6.45) is 2.05. The molecule has 3 nitrogen and oxygen atoms in total. The van der Waals surface area contributed by atoms with Crippen LogP contribution in [0, 0.1) is 0 Å². The predicted molar refractivity (Wildman–Crippen MR) is 82.1 cm³/mol. The standard InChI is InChI=1S/C16H12BrNO2/c17-14-10-18(15-4-2-1-3-13(14)15)9-11-5-7-12(8-6-11)16(19)20/h1-8,10H,9H2,(H,19,20). The lowest BCUT2D eigenvalue weighted by atomic mass is 10.1. The second kappa shape index (κ2) is 5.13. The van der Waals surface area contributed by atoms with Gasteiger partial charge in [-0.15, -0.1) is 0 Å². The number of benzene rings is 2. The molecule has 2 aromatic carbocycles. The van der Waals surface area contributed by atoms with E-state index in [4.69, 9.17) is 5.11 Å². The van der Waals surface area contributed by atoms with Crippen molar-refractivity contribution >= 4 is 32.8 Å². The van der Waals surface area contributed by atoms with Gasteiger partial charge < -0.3 is 9.67 Å². The monoisotopic (exact) mass is 329 g/mol. The van der Waals surface area contributed by atoms with Crippen molar-refractivity contribution in [3.05, 3.63) is 70.3 Å². The largest absolute Gasteiger partial charge is 0.478 e. The summed E-state index contributed by atoms with van der Waals surface area (Å²) >= 11 is 3.56. The van der Waals surface area contributed by atoms with Crippen LogP contribution in [0.1, 0.15) is 15.9 Å². The molecule has 4 heteroatoms. The highest BCUT2D eigenvalue weighted by Gasteiger charge is 2.07. The van der Waals surface area contributed by atoms with Gasteiger partial charge in [0.15, 0.2) is 0 Å². The summed E-state index contributed by atoms with van der Waals surface area (Å²) in [5.74, 6) is -0.897. The highest BCUT2D eigenvalue weighted by Crippen LogP contribution is 2.26. The summed E-state index contributed by atoms with van der Waals surface area (Å²) in [5, 5.41) is 10.1. The van der Waals surface area contributed by atoms with Gasteiger partial charge in [-0.05, 0) is 39.7 Å². The Morgan fingerprint density at radius 2 is 1.80 bits per heavy atom. The number of fused-ring (bicyclic) bond motifs is 1. The molecule has 0 unspecified atom stereocenters. The van der Waals surface area contributed by atoms with Crippen molar-refractivity contribution < 1.29 is 9.90 Å². The Kier molecular flexibility index (Phi) is 3.32. The molecule has 0 aliphatic carbocycles. The number of nitrogens with zero attached hydrogens (tertiary/aromatic N) is 1. The minimum Gasteiger partial charge on any atom is -0.478 e. The molecule has 0 bridgehead atoms. The minimum atomic E-state index is -0.897. The fraction of sp³-hybridized carbons (Fsp3) is 0.0625. The number of aromatic carboxylic acids is 1. The Morgan fingerprint density at radius 1 is 1.10 bits per heavy atom. The summed E-state index contributed by atoms with van der Waals surface area (Å²) in [7, 11) is 0. The lowest BCUT2D eigenvalue weighted by Gasteiger charge is -2.06. The van der Waals surface area contributed by atoms with Gasteiger partial charge in [-0.25, -0.2) is 4.79 Å². The van der Waals surface area contributed by atoms with Crippen molar-refractivity contribution in [2.45, 2.75) is 6.54 Å². The lowest BCUT2D eigenvalue weighted by molar-refractivity contribution is 0.0697. The molecule has 1 aromatic heterocycles. The van der Waals surface area contributed by atoms with Crippen molar-refractivity contribution in [1.29, 1.82) is 0 Å². The molecule has 0 saturated carbocycles. The van der Waals surface area contributed by atoms with Crippen LogP contribution in [0.4, 0.5) is 0 Å². The number of rotatable bonds is 3. The van der Waals surface area contributed by atoms with Gasteiger partial charge in [0, 0.05) is 28.1 Å². The van der Waals surface area contributed by atoms with Crippen molar-refractivity contribution in [2.75, 3.05) is 0 Å². The van der Waals surface area contributed by atoms with E-state index in [0.29, 0.717) is 12.1 Å². The van der Waals surface area contributed by atoms with Crippen LogP contribution < -0.4 is 0 Å². The van der Waals surface area contributed by atoms with Crippen LogP contribution in [0.25, 0.3) is 10.9 Å². The average Bonchev–Trinajstić information content (AvgIpc) is 2.77. The molecule has 1 N–H and O–H groups in total. The number of hydrogen-bond acceptors (Lipinski definition) is 1. The summed E-state index contributed by atoms with van der Waals surface area (Å²) < 4.78 is 3.21. The number of carbonyl (C=O) groups is 1. The molecular weight excluding hydrogens is 318 g/mol. The van der Waals surface area contributed by atoms with Gasteiger partial charge in [0.05, 0.1) is 5.56 Å². The maximum Gasteiger partial charge on any atom is 0.335 e. The van der Waals surface area contributed by atoms with Gasteiger partial charge in [-0.2, -0.15) is 0 Å². The first kappa shape index (κ1) is 12.9. The van der Waals surface area contributed by atoms with Crippen LogP contribution in [-0.2, 0) is 6.54 Å². The second-order valence-corrected chi connectivity index (χ2v) is 5.48. The van der Waals surface area contributed by atoms with E-state index in [2.05, 4.69) is 38.8 Å². The molecule has 0 fully saturated rings. The summed E-state index contributed by atoms with van der Waals surface area (Å²) in [4.78, 5) is 10.8. The fourth-order valence-electron chi connectivity index (χ4n) is 2.28. The Balaban J connectivity index is 1.95. The second-order valence-electron chi connectivity index (χ2n) is 4.62. The molecule has 0 aliphatic heterocycles. The Hall–Kier alpha value is -2.07. The summed E-state index contributed by atoms with van der Waals surface area (Å²) in [6.45, 7) is 0.714. The first-order chi connectivity index (χ1) is 9.65. The molecular formula is C16H12BrNO2. The quantitative estimate of drug-likeness (QED) is 0.784. The van der Waals surface area contributed by atoms with Crippen LogP contribution in [0.5, 0.6) is 0 Å². The summed E-state index contributed by atoms with van der Waals surface area (Å²) in [6, 6.07) is 15.2. The maximum absolute atomic E-state index is 10.8. The zero-order valence-electron chi connectivity index (χ0n) is 10.6. The fourth-order valence-corrected chi connectivity index (χ4v) is 2.86. The van der Waals surface area contributed by atoms with E-state index in [0.717, 1.165) is 15.6 Å². The summed E-state index contributed by atoms with van der Waals surface area (Å²) in [5.41, 5.74) is 2.54. The maximum atomic E-state index is 10.8. The lowest BCUT2D eigenvalue weighted by Crippen LogP contribution is -2.00. The van der Waals surface area contributed by atoms with Gasteiger partial charge in [0.25, 0.3) is 0 Å². The van der Waals surface area contributed by atoms with E-state index in [-0.39, 0.29) is 0 Å². The highest BCUT2D eigenvalue weighted by molar-refractivity contribution is 9.10. The Morgan fingerprint density at radius 3 is 2.50 bits per heavy atom. The molecule has 3 aromatic rings. The smallest absolute Gasteiger partial charge is 0.335 e. The van der Waals surface area contributed by atoms with Crippen LogP contribution in [-0.4, -0.2) is 15.6 Å². The van der Waals surface area contributed by atoms with Crippen LogP contribution in [0.2, 0.25) is 0 Å². The van der Waals surface area contributed by atoms with E-state index in [1.807, 2.05) is 24.3 Å². The highest BCUT2D eigenvalue weighted by atomic mass is 79.9. The van der Waals surface area contributed by atoms with Crippen molar-refractivity contribution in [2.24, 2.45) is 0 Å². The third-order valence-electron chi connectivity index (χ3n) is 3.29. The number of halogens is 1. The molecule has 100 valence electrons. The van der Waals surface area contributed by atoms with Gasteiger partial charge in [-0.1, -0.05) is 30.3 Å². The van der Waals surface area contributed by atoms with Crippen LogP contribution in [0.15, 0.2) is 59.2 Å². The molecule has 0 atom stereocenters. The van der Waals surface area contributed by atoms with E-state index in [1.165, 1.54) is 5.39 Å². The first-order valence-corrected chi connectivity index (χ1v) is 7.00. The minimum absolute atomic E-state index is 0.312. The van der Waals surface area contributed by atoms with Crippen molar-refractivity contribution in [1.82, 2.24) is 4.57 Å². The van der Waals surface area contributed by atoms with E-state index < -0.39 is 5.97 Å². The zero-order chi connectivity index (χ0) is 14.1. The van der Waals surface area contributed by atoms with Gasteiger partial charge >= 0.3 is 5.97 Å². The van der Waals surface area contributed by atoms with Gasteiger partial charge in [0.1, 0.15) is 0 Å². The number of carboxylic acid groups (broad SMARTS) is 1. The SMILES string of the molecule is O=C(O)c1ccc(Cn2cc(Br)c3ccccc32)cc1. The van der Waals surface area contributed by atoms with E-state index >= 15 is 0 Å². The normalized spacial score (nSPS) is 10.8. The topological polar surface area (TPSA) is 42.2 Å². The van der Waals surface area contributed by atoms with E-state index in [9.17, 15) is 4.79 Å². The molecule has 1 heterocycles. The number of hydrogen-bond donors (Lipinski definition) is 1. The number of aromatic nitrogens is 1. The van der Waals surface area contributed by atoms with Crippen molar-refractivity contribution in [3.8, 4) is 0 Å². The molecule has 3 rings (SSSR count). The Labute approximate surface area is 124 Å². The van der Waals surface area contributed by atoms with E-state index in [1.54, 1.807) is 12.1 Å². The number of carboxylic acids is 1. The molecule has 20 heavy (non-hydrogen) atoms. The third-order valence-corrected chi connectivity index (χ3v) is 3.93.